The van der Waals surface area contributed by atoms with Crippen molar-refractivity contribution < 1.29 is 36.5 Å². The van der Waals surface area contributed by atoms with Crippen LogP contribution < -0.4 is 17.0 Å². The van der Waals surface area contributed by atoms with Gasteiger partial charge in [-0.3, -0.25) is 0 Å². The second-order valence-corrected chi connectivity index (χ2v) is 0.204. The molecule has 0 saturated carbocycles. The summed E-state index contributed by atoms with van der Waals surface area (Å²) in [6.07, 6.45) is 4.49. The first kappa shape index (κ1) is 17.4. The number of halogens is 1. The van der Waals surface area contributed by atoms with Gasteiger partial charge in [0, 0.05) is 26.4 Å². The number of rotatable bonds is 0. The van der Waals surface area contributed by atoms with Gasteiger partial charge < -0.3 is 17.0 Å². The van der Waals surface area contributed by atoms with Gasteiger partial charge in [0.2, 0.25) is 0 Å². The van der Waals surface area contributed by atoms with Crippen LogP contribution in [-0.4, -0.2) is 0 Å². The molecule has 0 saturated heterocycles. The normalized spacial score (nSPS) is 1.60. The molecular formula is C3H3BrZn-. The number of hydrogen-bond acceptors (Lipinski definition) is 0. The van der Waals surface area contributed by atoms with E-state index in [-0.39, 0.29) is 36.5 Å². The van der Waals surface area contributed by atoms with Crippen molar-refractivity contribution >= 4 is 0 Å². The van der Waals surface area contributed by atoms with Crippen LogP contribution in [0.3, 0.4) is 0 Å². The minimum Gasteiger partial charge on any atom is -1.00 e. The summed E-state index contributed by atoms with van der Waals surface area (Å²) in [6.45, 7) is 3.01. The molecule has 0 heterocycles. The Kier molecular flexibility index (Phi) is 78.5. The maximum absolute atomic E-state index is 4.49. The largest absolute Gasteiger partial charge is 1.00 e. The van der Waals surface area contributed by atoms with Gasteiger partial charge in [0.15, 0.2) is 0 Å². The SMILES string of the molecule is C#C[CH2].[Br-].[Zn]. The second kappa shape index (κ2) is 22.6. The molecular weight excluding hydrogens is 181 g/mol. The van der Waals surface area contributed by atoms with Gasteiger partial charge in [0.25, 0.3) is 0 Å². The number of terminal acetylenes is 1. The minimum absolute atomic E-state index is 0. The van der Waals surface area contributed by atoms with Crippen molar-refractivity contribution in [2.45, 2.75) is 0 Å². The van der Waals surface area contributed by atoms with Crippen molar-refractivity contribution in [2.24, 2.45) is 0 Å². The molecule has 2 heteroatoms. The fraction of sp³-hybridized carbons (Fsp3) is 0. The van der Waals surface area contributed by atoms with E-state index in [1.807, 2.05) is 5.92 Å². The van der Waals surface area contributed by atoms with E-state index in [0.29, 0.717) is 0 Å². The van der Waals surface area contributed by atoms with Crippen LogP contribution in [0.2, 0.25) is 0 Å². The monoisotopic (exact) mass is 182 g/mol. The van der Waals surface area contributed by atoms with E-state index in [0.717, 1.165) is 0 Å². The topological polar surface area (TPSA) is 0 Å². The molecule has 0 fully saturated rings. The van der Waals surface area contributed by atoms with Crippen LogP contribution in [-0.2, 0) is 19.5 Å². The number of hydrogen-bond donors (Lipinski definition) is 0. The second-order valence-electron chi connectivity index (χ2n) is 0.204. The molecule has 0 rings (SSSR count). The van der Waals surface area contributed by atoms with E-state index in [9.17, 15) is 0 Å². The van der Waals surface area contributed by atoms with Crippen molar-refractivity contribution in [1.29, 1.82) is 0 Å². The molecule has 0 N–H and O–H groups in total. The van der Waals surface area contributed by atoms with E-state index >= 15 is 0 Å². The molecule has 0 bridgehead atoms. The summed E-state index contributed by atoms with van der Waals surface area (Å²) in [5.41, 5.74) is 0. The quantitative estimate of drug-likeness (QED) is 0.287. The molecule has 25 valence electrons. The van der Waals surface area contributed by atoms with Crippen molar-refractivity contribution in [3.8, 4) is 12.3 Å². The third-order valence-electron chi connectivity index (χ3n) is 0. The van der Waals surface area contributed by atoms with Crippen LogP contribution in [0.4, 0.5) is 0 Å². The Labute approximate surface area is 55.9 Å². The van der Waals surface area contributed by atoms with Gasteiger partial charge in [0.05, 0.1) is 0 Å². The zero-order valence-corrected chi connectivity index (χ0v) is 7.42. The van der Waals surface area contributed by atoms with E-state index in [1.54, 1.807) is 0 Å². The maximum Gasteiger partial charge on any atom is 0.0196 e. The Balaban J connectivity index is -0.0000000200. The molecule has 0 nitrogen and oxygen atoms in total. The van der Waals surface area contributed by atoms with Gasteiger partial charge >= 0.3 is 0 Å². The van der Waals surface area contributed by atoms with Crippen molar-refractivity contribution in [1.82, 2.24) is 0 Å². The van der Waals surface area contributed by atoms with E-state index in [4.69, 9.17) is 0 Å². The van der Waals surface area contributed by atoms with E-state index in [1.165, 1.54) is 0 Å². The molecule has 0 aromatic carbocycles. The molecule has 0 aliphatic rings. The minimum atomic E-state index is 0. The molecule has 0 amide bonds. The van der Waals surface area contributed by atoms with Gasteiger partial charge in [-0.25, -0.2) is 0 Å². The maximum atomic E-state index is 4.49. The predicted octanol–water partition coefficient (Wildman–Crippen LogP) is -2.54. The summed E-state index contributed by atoms with van der Waals surface area (Å²) in [4.78, 5) is 0. The van der Waals surface area contributed by atoms with Crippen molar-refractivity contribution in [3.05, 3.63) is 6.92 Å². The van der Waals surface area contributed by atoms with Crippen LogP contribution in [0.5, 0.6) is 0 Å². The van der Waals surface area contributed by atoms with Gasteiger partial charge in [0.1, 0.15) is 0 Å². The Hall–Kier alpha value is 0.663. The summed E-state index contributed by atoms with van der Waals surface area (Å²) in [5.74, 6) is 2.00. The van der Waals surface area contributed by atoms with Crippen molar-refractivity contribution in [2.75, 3.05) is 0 Å². The fourth-order valence-corrected chi connectivity index (χ4v) is 0. The van der Waals surface area contributed by atoms with Crippen molar-refractivity contribution in [3.63, 3.8) is 0 Å². The third kappa shape index (κ3) is 75.2. The van der Waals surface area contributed by atoms with Crippen LogP contribution in [0, 0.1) is 19.3 Å². The Morgan fingerprint density at radius 3 is 1.60 bits per heavy atom. The van der Waals surface area contributed by atoms with E-state index in [2.05, 4.69) is 13.3 Å². The molecule has 0 aliphatic carbocycles. The zero-order chi connectivity index (χ0) is 2.71. The van der Waals surface area contributed by atoms with Gasteiger partial charge in [-0.05, 0) is 0 Å². The van der Waals surface area contributed by atoms with Gasteiger partial charge in [-0.2, -0.15) is 0 Å². The molecule has 1 radical (unpaired) electrons. The van der Waals surface area contributed by atoms with Gasteiger partial charge in [-0.15, -0.1) is 12.3 Å². The molecule has 0 atom stereocenters. The third-order valence-corrected chi connectivity index (χ3v) is 0. The van der Waals surface area contributed by atoms with Crippen LogP contribution >= 0.6 is 0 Å². The standard InChI is InChI=1S/C3H3.BrH.Zn/c1-3-2;;/h1H,2H2;1H;/p-1. The summed E-state index contributed by atoms with van der Waals surface area (Å²) in [6, 6.07) is 0. The zero-order valence-electron chi connectivity index (χ0n) is 2.87. The van der Waals surface area contributed by atoms with Crippen LogP contribution in [0.1, 0.15) is 0 Å². The van der Waals surface area contributed by atoms with Crippen LogP contribution in [0.25, 0.3) is 0 Å². The first-order valence-electron chi connectivity index (χ1n) is 0.642. The molecule has 0 unspecified atom stereocenters. The average Bonchev–Trinajstić information content (AvgIpc) is 0.918. The predicted molar refractivity (Wildman–Crippen MR) is 14.2 cm³/mol. The Morgan fingerprint density at radius 1 is 1.60 bits per heavy atom. The smallest absolute Gasteiger partial charge is 0.0196 e. The summed E-state index contributed by atoms with van der Waals surface area (Å²) < 4.78 is 0. The summed E-state index contributed by atoms with van der Waals surface area (Å²) in [7, 11) is 0. The van der Waals surface area contributed by atoms with Gasteiger partial charge in [-0.1, -0.05) is 0 Å². The first-order valence-corrected chi connectivity index (χ1v) is 0.642. The van der Waals surface area contributed by atoms with Crippen LogP contribution in [0.15, 0.2) is 0 Å². The van der Waals surface area contributed by atoms with E-state index < -0.39 is 0 Å². The Morgan fingerprint density at radius 2 is 1.60 bits per heavy atom. The molecule has 0 aromatic heterocycles. The fourth-order valence-electron chi connectivity index (χ4n) is 0. The summed E-state index contributed by atoms with van der Waals surface area (Å²) >= 11 is 0. The molecule has 0 spiro atoms. The molecule has 5 heavy (non-hydrogen) atoms. The molecule has 0 aliphatic heterocycles. The average molecular weight is 184 g/mol. The first-order chi connectivity index (χ1) is 1.41. The molecule has 0 aromatic rings. The Bertz CT molecular complexity index is 28.4. The summed E-state index contributed by atoms with van der Waals surface area (Å²) in [5, 5.41) is 0.